The van der Waals surface area contributed by atoms with Crippen molar-refractivity contribution in [2.75, 3.05) is 13.1 Å². The zero-order valence-corrected chi connectivity index (χ0v) is 16.1. The van der Waals surface area contributed by atoms with E-state index in [1.807, 2.05) is 0 Å². The zero-order chi connectivity index (χ0) is 19.3. The lowest BCUT2D eigenvalue weighted by atomic mass is 10.2. The summed E-state index contributed by atoms with van der Waals surface area (Å²) >= 11 is 1.79. The highest BCUT2D eigenvalue weighted by Crippen LogP contribution is 2.17. The average molecular weight is 493 g/mol. The van der Waals surface area contributed by atoms with E-state index in [0.29, 0.717) is 3.57 Å². The summed E-state index contributed by atoms with van der Waals surface area (Å²) < 4.78 is 40.3. The lowest BCUT2D eigenvalue weighted by molar-refractivity contribution is -0.385. The quantitative estimate of drug-likeness (QED) is 0.265. The third-order valence-corrected chi connectivity index (χ3v) is 5.56. The Morgan fingerprint density at radius 3 is 2.58 bits per heavy atom. The minimum Gasteiger partial charge on any atom is -0.351 e. The Morgan fingerprint density at radius 1 is 1.19 bits per heavy atom. The minimum absolute atomic E-state index is 0.0411. The van der Waals surface area contributed by atoms with Gasteiger partial charge >= 0.3 is 0 Å². The van der Waals surface area contributed by atoms with Gasteiger partial charge in [0.25, 0.3) is 11.6 Å². The van der Waals surface area contributed by atoms with Crippen molar-refractivity contribution in [2.45, 2.75) is 4.90 Å². The molecule has 0 spiro atoms. The number of nitro groups is 1. The van der Waals surface area contributed by atoms with Crippen LogP contribution in [0.3, 0.4) is 0 Å². The fourth-order valence-electron chi connectivity index (χ4n) is 1.95. The number of nitrogens with zero attached hydrogens (tertiary/aromatic N) is 1. The van der Waals surface area contributed by atoms with Gasteiger partial charge in [-0.3, -0.25) is 14.9 Å². The molecule has 0 aliphatic carbocycles. The van der Waals surface area contributed by atoms with E-state index in [0.717, 1.165) is 12.1 Å². The van der Waals surface area contributed by atoms with Gasteiger partial charge in [0.15, 0.2) is 0 Å². The van der Waals surface area contributed by atoms with Crippen molar-refractivity contribution < 1.29 is 22.5 Å². The van der Waals surface area contributed by atoms with Gasteiger partial charge in [-0.15, -0.1) is 0 Å². The van der Waals surface area contributed by atoms with Gasteiger partial charge in [-0.25, -0.2) is 17.5 Å². The molecule has 2 N–H and O–H groups in total. The summed E-state index contributed by atoms with van der Waals surface area (Å²) in [6.07, 6.45) is 0. The van der Waals surface area contributed by atoms with E-state index in [4.69, 9.17) is 0 Å². The van der Waals surface area contributed by atoms with Gasteiger partial charge in [0, 0.05) is 34.4 Å². The number of sulfonamides is 1. The van der Waals surface area contributed by atoms with Crippen LogP contribution in [0.2, 0.25) is 0 Å². The van der Waals surface area contributed by atoms with Gasteiger partial charge < -0.3 is 5.32 Å². The van der Waals surface area contributed by atoms with Gasteiger partial charge in [-0.05, 0) is 46.9 Å². The fourth-order valence-corrected chi connectivity index (χ4v) is 3.35. The van der Waals surface area contributed by atoms with Crippen LogP contribution in [0.25, 0.3) is 0 Å². The number of nitrogens with one attached hydrogen (secondary N) is 2. The molecule has 8 nitrogen and oxygen atoms in total. The first-order valence-electron chi connectivity index (χ1n) is 7.18. The molecule has 0 aliphatic heterocycles. The molecule has 2 aromatic rings. The highest BCUT2D eigenvalue weighted by atomic mass is 127. The monoisotopic (exact) mass is 493 g/mol. The number of hydrogen-bond donors (Lipinski definition) is 2. The Hall–Kier alpha value is -2.12. The Kier molecular flexibility index (Phi) is 6.61. The molecule has 0 atom stereocenters. The number of amides is 1. The third kappa shape index (κ3) is 5.19. The Labute approximate surface area is 162 Å². The molecule has 0 unspecified atom stereocenters. The van der Waals surface area contributed by atoms with Crippen molar-refractivity contribution in [3.05, 3.63) is 67.5 Å². The van der Waals surface area contributed by atoms with E-state index < -0.39 is 26.7 Å². The first kappa shape index (κ1) is 20.2. The molecule has 0 bridgehead atoms. The van der Waals surface area contributed by atoms with Crippen molar-refractivity contribution in [3.8, 4) is 0 Å². The molecule has 0 aromatic heterocycles. The lowest BCUT2D eigenvalue weighted by Gasteiger charge is -2.08. The number of benzene rings is 2. The molecule has 11 heteroatoms. The van der Waals surface area contributed by atoms with Crippen molar-refractivity contribution in [1.82, 2.24) is 10.0 Å². The minimum atomic E-state index is -3.96. The van der Waals surface area contributed by atoms with Crippen molar-refractivity contribution >= 4 is 44.2 Å². The van der Waals surface area contributed by atoms with Crippen molar-refractivity contribution in [3.63, 3.8) is 0 Å². The SMILES string of the molecule is O=C(NCCNS(=O)(=O)c1cccc([N+](=O)[O-])c1)c1ccc(I)c(F)c1. The average Bonchev–Trinajstić information content (AvgIpc) is 2.61. The maximum atomic E-state index is 13.4. The lowest BCUT2D eigenvalue weighted by Crippen LogP contribution is -2.34. The largest absolute Gasteiger partial charge is 0.351 e. The highest BCUT2D eigenvalue weighted by Gasteiger charge is 2.17. The second-order valence-electron chi connectivity index (χ2n) is 5.04. The van der Waals surface area contributed by atoms with E-state index in [-0.39, 0.29) is 29.2 Å². The standard InChI is InChI=1S/C15H13FIN3O5S/c16-13-8-10(4-5-14(13)17)15(21)18-6-7-19-26(24,25)12-3-1-2-11(9-12)20(22)23/h1-5,8-9,19H,6-7H2,(H,18,21). The van der Waals surface area contributed by atoms with Crippen LogP contribution < -0.4 is 10.0 Å². The molecular formula is C15H13FIN3O5S. The second kappa shape index (κ2) is 8.51. The van der Waals surface area contributed by atoms with Crippen LogP contribution in [0.1, 0.15) is 10.4 Å². The predicted octanol–water partition coefficient (Wildman–Crippen LogP) is 2.05. The number of non-ortho nitro benzene ring substituents is 1. The van der Waals surface area contributed by atoms with E-state index in [1.54, 1.807) is 22.6 Å². The topological polar surface area (TPSA) is 118 Å². The summed E-state index contributed by atoms with van der Waals surface area (Å²) in [6, 6.07) is 8.60. The molecule has 0 saturated heterocycles. The molecule has 0 radical (unpaired) electrons. The van der Waals surface area contributed by atoms with E-state index in [9.17, 15) is 27.7 Å². The maximum Gasteiger partial charge on any atom is 0.270 e. The van der Waals surface area contributed by atoms with Crippen LogP contribution in [0.4, 0.5) is 10.1 Å². The molecule has 2 rings (SSSR count). The molecule has 0 saturated carbocycles. The second-order valence-corrected chi connectivity index (χ2v) is 7.97. The number of hydrogen-bond acceptors (Lipinski definition) is 5. The zero-order valence-electron chi connectivity index (χ0n) is 13.1. The highest BCUT2D eigenvalue weighted by molar-refractivity contribution is 14.1. The normalized spacial score (nSPS) is 11.2. The smallest absolute Gasteiger partial charge is 0.270 e. The van der Waals surface area contributed by atoms with Gasteiger partial charge in [0.1, 0.15) is 5.82 Å². The Morgan fingerprint density at radius 2 is 1.92 bits per heavy atom. The Balaban J connectivity index is 1.92. The van der Waals surface area contributed by atoms with Crippen LogP contribution in [0.5, 0.6) is 0 Å². The molecule has 26 heavy (non-hydrogen) atoms. The summed E-state index contributed by atoms with van der Waals surface area (Å²) in [5.74, 6) is -1.07. The number of halogens is 2. The predicted molar refractivity (Wildman–Crippen MR) is 99.7 cm³/mol. The van der Waals surface area contributed by atoms with Crippen molar-refractivity contribution in [1.29, 1.82) is 0 Å². The van der Waals surface area contributed by atoms with Crippen LogP contribution in [0, 0.1) is 19.5 Å². The van der Waals surface area contributed by atoms with Crippen LogP contribution in [-0.2, 0) is 10.0 Å². The van der Waals surface area contributed by atoms with Gasteiger partial charge in [0.05, 0.1) is 9.82 Å². The van der Waals surface area contributed by atoms with E-state index in [1.165, 1.54) is 30.3 Å². The number of carbonyl (C=O) groups is 1. The fraction of sp³-hybridized carbons (Fsp3) is 0.133. The van der Waals surface area contributed by atoms with E-state index >= 15 is 0 Å². The first-order chi connectivity index (χ1) is 12.2. The van der Waals surface area contributed by atoms with Crippen LogP contribution in [-0.4, -0.2) is 32.3 Å². The summed E-state index contributed by atoms with van der Waals surface area (Å²) in [6.45, 7) is -0.176. The Bertz CT molecular complexity index is 952. The van der Waals surface area contributed by atoms with E-state index in [2.05, 4.69) is 10.0 Å². The molecule has 0 fully saturated rings. The van der Waals surface area contributed by atoms with Gasteiger partial charge in [-0.2, -0.15) is 0 Å². The summed E-state index contributed by atoms with van der Waals surface area (Å²) in [4.78, 5) is 21.7. The number of rotatable bonds is 7. The molecule has 0 heterocycles. The summed E-state index contributed by atoms with van der Waals surface area (Å²) in [7, 11) is -3.96. The molecule has 0 aliphatic rings. The van der Waals surface area contributed by atoms with Crippen molar-refractivity contribution in [2.24, 2.45) is 0 Å². The molecule has 2 aromatic carbocycles. The van der Waals surface area contributed by atoms with Gasteiger partial charge in [0.2, 0.25) is 10.0 Å². The molecular weight excluding hydrogens is 480 g/mol. The summed E-state index contributed by atoms with van der Waals surface area (Å²) in [5, 5.41) is 13.2. The number of carbonyl (C=O) groups excluding carboxylic acids is 1. The third-order valence-electron chi connectivity index (χ3n) is 3.22. The first-order valence-corrected chi connectivity index (χ1v) is 9.74. The summed E-state index contributed by atoms with van der Waals surface area (Å²) in [5.41, 5.74) is -0.230. The molecule has 138 valence electrons. The number of nitro benzene ring substituents is 1. The van der Waals surface area contributed by atoms with Crippen LogP contribution in [0.15, 0.2) is 47.4 Å². The molecule has 1 amide bonds. The maximum absolute atomic E-state index is 13.4. The van der Waals surface area contributed by atoms with Gasteiger partial charge in [-0.1, -0.05) is 6.07 Å². The van der Waals surface area contributed by atoms with Crippen LogP contribution >= 0.6 is 22.6 Å².